The number of rotatable bonds is 3. The molecule has 1 saturated heterocycles. The first-order chi connectivity index (χ1) is 8.67. The Morgan fingerprint density at radius 1 is 1.26 bits per heavy atom. The van der Waals surface area contributed by atoms with Gasteiger partial charge in [0.15, 0.2) is 0 Å². The van der Waals surface area contributed by atoms with Crippen molar-refractivity contribution >= 4 is 10.0 Å². The molecular weight excluding hydrogens is 262 g/mol. The number of nitrogens with zero attached hydrogens (tertiary/aromatic N) is 1. The lowest BCUT2D eigenvalue weighted by atomic mass is 9.85. The Hall–Kier alpha value is -0.910. The summed E-state index contributed by atoms with van der Waals surface area (Å²) in [6.07, 6.45) is 0. The normalized spacial score (nSPS) is 19.5. The molecule has 1 fully saturated rings. The summed E-state index contributed by atoms with van der Waals surface area (Å²) in [5.41, 5.74) is 0.777. The second kappa shape index (κ2) is 4.58. The number of hydrogen-bond donors (Lipinski definition) is 1. The van der Waals surface area contributed by atoms with Gasteiger partial charge in [-0.3, -0.25) is 0 Å². The lowest BCUT2D eigenvalue weighted by Crippen LogP contribution is -2.65. The fourth-order valence-electron chi connectivity index (χ4n) is 2.22. The lowest BCUT2D eigenvalue weighted by molar-refractivity contribution is -0.0932. The number of aliphatic hydroxyl groups is 1. The molecule has 1 aliphatic heterocycles. The van der Waals surface area contributed by atoms with Gasteiger partial charge in [-0.1, -0.05) is 26.0 Å². The summed E-state index contributed by atoms with van der Waals surface area (Å²) < 4.78 is 26.4. The van der Waals surface area contributed by atoms with Crippen LogP contribution in [0.1, 0.15) is 25.0 Å². The summed E-state index contributed by atoms with van der Waals surface area (Å²) in [7, 11) is -3.49. The molecule has 4 nitrogen and oxygen atoms in total. The van der Waals surface area contributed by atoms with E-state index in [9.17, 15) is 13.5 Å². The van der Waals surface area contributed by atoms with Crippen LogP contribution in [-0.4, -0.2) is 36.5 Å². The van der Waals surface area contributed by atoms with Gasteiger partial charge in [-0.15, -0.1) is 0 Å². The van der Waals surface area contributed by atoms with Crippen molar-refractivity contribution in [3.63, 3.8) is 0 Å². The topological polar surface area (TPSA) is 57.6 Å². The number of benzene rings is 1. The van der Waals surface area contributed by atoms with E-state index in [4.69, 9.17) is 0 Å². The van der Waals surface area contributed by atoms with Crippen molar-refractivity contribution in [1.29, 1.82) is 0 Å². The second-order valence-corrected chi connectivity index (χ2v) is 7.71. The first-order valence-electron chi connectivity index (χ1n) is 6.46. The Balaban J connectivity index is 2.29. The summed E-state index contributed by atoms with van der Waals surface area (Å²) in [6.45, 7) is 7.84. The molecule has 5 heteroatoms. The molecule has 0 spiro atoms. The van der Waals surface area contributed by atoms with Crippen LogP contribution in [0.15, 0.2) is 23.1 Å². The van der Waals surface area contributed by atoms with Crippen LogP contribution in [-0.2, 0) is 10.0 Å². The highest BCUT2D eigenvalue weighted by atomic mass is 32.2. The molecule has 19 heavy (non-hydrogen) atoms. The van der Waals surface area contributed by atoms with Crippen LogP contribution in [0.4, 0.5) is 0 Å². The third-order valence-electron chi connectivity index (χ3n) is 3.94. The van der Waals surface area contributed by atoms with E-state index in [0.29, 0.717) is 4.90 Å². The molecule has 1 aliphatic rings. The maximum atomic E-state index is 12.5. The minimum Gasteiger partial charge on any atom is -0.387 e. The molecule has 0 bridgehead atoms. The highest BCUT2D eigenvalue weighted by Crippen LogP contribution is 2.34. The number of hydrogen-bond acceptors (Lipinski definition) is 3. The lowest BCUT2D eigenvalue weighted by Gasteiger charge is -2.48. The SMILES string of the molecule is Cc1ccc(C)c(S(=O)(=O)N2CC(O)(C(C)C)C2)c1. The first kappa shape index (κ1) is 14.5. The zero-order valence-corrected chi connectivity index (χ0v) is 12.7. The van der Waals surface area contributed by atoms with Crippen LogP contribution in [0, 0.1) is 19.8 Å². The Labute approximate surface area is 115 Å². The summed E-state index contributed by atoms with van der Waals surface area (Å²) in [5, 5.41) is 10.2. The van der Waals surface area contributed by atoms with Crippen molar-refractivity contribution in [2.45, 2.75) is 38.2 Å². The van der Waals surface area contributed by atoms with Gasteiger partial charge in [0.1, 0.15) is 0 Å². The Bertz CT molecular complexity index is 587. The predicted molar refractivity (Wildman–Crippen MR) is 74.5 cm³/mol. The van der Waals surface area contributed by atoms with Crippen molar-refractivity contribution in [3.8, 4) is 0 Å². The van der Waals surface area contributed by atoms with Crippen molar-refractivity contribution < 1.29 is 13.5 Å². The Kier molecular flexibility index (Phi) is 3.49. The highest BCUT2D eigenvalue weighted by Gasteiger charge is 2.49. The molecule has 1 N–H and O–H groups in total. The molecule has 0 amide bonds. The Morgan fingerprint density at radius 3 is 2.37 bits per heavy atom. The molecule has 0 saturated carbocycles. The maximum absolute atomic E-state index is 12.5. The smallest absolute Gasteiger partial charge is 0.243 e. The zero-order chi connectivity index (χ0) is 14.4. The summed E-state index contributed by atoms with van der Waals surface area (Å²) >= 11 is 0. The molecule has 1 aromatic carbocycles. The number of aryl methyl sites for hydroxylation is 2. The third-order valence-corrected chi connectivity index (χ3v) is 5.87. The summed E-state index contributed by atoms with van der Waals surface area (Å²) in [5.74, 6) is 0.0533. The van der Waals surface area contributed by atoms with Gasteiger partial charge in [0.25, 0.3) is 0 Å². The van der Waals surface area contributed by atoms with Crippen molar-refractivity contribution in [2.75, 3.05) is 13.1 Å². The standard InChI is InChI=1S/C14H21NO3S/c1-10(2)14(16)8-15(9-14)19(17,18)13-7-11(3)5-6-12(13)4/h5-7,10,16H,8-9H2,1-4H3. The quantitative estimate of drug-likeness (QED) is 0.918. The van der Waals surface area contributed by atoms with Gasteiger partial charge in [-0.25, -0.2) is 8.42 Å². The van der Waals surface area contributed by atoms with Gasteiger partial charge in [-0.2, -0.15) is 4.31 Å². The molecule has 2 rings (SSSR count). The molecule has 106 valence electrons. The molecule has 0 unspecified atom stereocenters. The molecule has 0 aromatic heterocycles. The fourth-order valence-corrected chi connectivity index (χ4v) is 4.10. The Morgan fingerprint density at radius 2 is 1.84 bits per heavy atom. The molecule has 0 radical (unpaired) electrons. The monoisotopic (exact) mass is 283 g/mol. The van der Waals surface area contributed by atoms with Crippen LogP contribution in [0.25, 0.3) is 0 Å². The van der Waals surface area contributed by atoms with E-state index in [-0.39, 0.29) is 19.0 Å². The predicted octanol–water partition coefficient (Wildman–Crippen LogP) is 1.69. The van der Waals surface area contributed by atoms with Crippen LogP contribution < -0.4 is 0 Å². The summed E-state index contributed by atoms with van der Waals surface area (Å²) in [6, 6.07) is 5.41. The zero-order valence-electron chi connectivity index (χ0n) is 11.8. The molecule has 1 heterocycles. The van der Waals surface area contributed by atoms with Gasteiger partial charge < -0.3 is 5.11 Å². The van der Waals surface area contributed by atoms with Gasteiger partial charge in [-0.05, 0) is 37.0 Å². The van der Waals surface area contributed by atoms with E-state index < -0.39 is 15.6 Å². The molecule has 1 aromatic rings. The van der Waals surface area contributed by atoms with Crippen molar-refractivity contribution in [3.05, 3.63) is 29.3 Å². The molecular formula is C14H21NO3S. The summed E-state index contributed by atoms with van der Waals surface area (Å²) in [4.78, 5) is 0.346. The van der Waals surface area contributed by atoms with Crippen molar-refractivity contribution in [1.82, 2.24) is 4.31 Å². The van der Waals surface area contributed by atoms with Gasteiger partial charge in [0.2, 0.25) is 10.0 Å². The van der Waals surface area contributed by atoms with E-state index in [1.54, 1.807) is 13.0 Å². The minimum absolute atomic E-state index is 0.0533. The first-order valence-corrected chi connectivity index (χ1v) is 7.90. The van der Waals surface area contributed by atoms with E-state index in [1.807, 2.05) is 32.9 Å². The molecule has 0 aliphatic carbocycles. The average Bonchev–Trinajstić information content (AvgIpc) is 2.27. The highest BCUT2D eigenvalue weighted by molar-refractivity contribution is 7.89. The fraction of sp³-hybridized carbons (Fsp3) is 0.571. The van der Waals surface area contributed by atoms with Crippen LogP contribution in [0.5, 0.6) is 0 Å². The molecule has 0 atom stereocenters. The van der Waals surface area contributed by atoms with Crippen molar-refractivity contribution in [2.24, 2.45) is 5.92 Å². The maximum Gasteiger partial charge on any atom is 0.243 e. The van der Waals surface area contributed by atoms with Crippen LogP contribution in [0.2, 0.25) is 0 Å². The van der Waals surface area contributed by atoms with E-state index in [1.165, 1.54) is 4.31 Å². The second-order valence-electron chi connectivity index (χ2n) is 5.80. The largest absolute Gasteiger partial charge is 0.387 e. The van der Waals surface area contributed by atoms with Crippen LogP contribution in [0.3, 0.4) is 0 Å². The van der Waals surface area contributed by atoms with E-state index in [2.05, 4.69) is 0 Å². The van der Waals surface area contributed by atoms with Crippen LogP contribution >= 0.6 is 0 Å². The third kappa shape index (κ3) is 2.42. The van der Waals surface area contributed by atoms with Gasteiger partial charge >= 0.3 is 0 Å². The van der Waals surface area contributed by atoms with E-state index in [0.717, 1.165) is 11.1 Å². The van der Waals surface area contributed by atoms with E-state index >= 15 is 0 Å². The average molecular weight is 283 g/mol. The number of sulfonamides is 1. The minimum atomic E-state index is -3.49. The van der Waals surface area contributed by atoms with Gasteiger partial charge in [0, 0.05) is 13.1 Å². The number of β-amino-alcohol motifs (C(OH)–C–C–N with tert-alkyl or cyclic N) is 1. The van der Waals surface area contributed by atoms with Gasteiger partial charge in [0.05, 0.1) is 10.5 Å².